The molecule has 1 fully saturated rings. The van der Waals surface area contributed by atoms with E-state index in [4.69, 9.17) is 0 Å². The van der Waals surface area contributed by atoms with Gasteiger partial charge in [0.05, 0.1) is 5.52 Å². The number of hydrogen-bond donors (Lipinski definition) is 1. The van der Waals surface area contributed by atoms with Crippen molar-refractivity contribution in [1.29, 1.82) is 0 Å². The number of nitrogens with zero attached hydrogens (tertiary/aromatic N) is 1. The minimum absolute atomic E-state index is 0.526. The van der Waals surface area contributed by atoms with Crippen molar-refractivity contribution in [2.24, 2.45) is 5.41 Å². The van der Waals surface area contributed by atoms with Gasteiger partial charge in [0, 0.05) is 29.1 Å². The zero-order valence-electron chi connectivity index (χ0n) is 11.2. The molecule has 0 radical (unpaired) electrons. The van der Waals surface area contributed by atoms with Crippen LogP contribution in [0.5, 0.6) is 0 Å². The first-order valence-electron chi connectivity index (χ1n) is 6.91. The molecule has 0 saturated heterocycles. The van der Waals surface area contributed by atoms with Crippen LogP contribution in [0.1, 0.15) is 31.7 Å². The van der Waals surface area contributed by atoms with E-state index in [1.165, 1.54) is 30.2 Å². The van der Waals surface area contributed by atoms with Gasteiger partial charge >= 0.3 is 0 Å². The number of rotatable bonds is 4. The summed E-state index contributed by atoms with van der Waals surface area (Å²) in [5, 5.41) is 4.79. The van der Waals surface area contributed by atoms with Crippen LogP contribution >= 0.6 is 15.9 Å². The third kappa shape index (κ3) is 2.67. The predicted octanol–water partition coefficient (Wildman–Crippen LogP) is 4.28. The summed E-state index contributed by atoms with van der Waals surface area (Å²) in [6.07, 6.45) is 5.98. The Hall–Kier alpha value is -0.930. The van der Waals surface area contributed by atoms with Crippen molar-refractivity contribution < 1.29 is 0 Å². The lowest BCUT2D eigenvalue weighted by molar-refractivity contribution is 0.156. The maximum absolute atomic E-state index is 4.52. The lowest BCUT2D eigenvalue weighted by atomic mass is 9.70. The van der Waals surface area contributed by atoms with E-state index >= 15 is 0 Å². The van der Waals surface area contributed by atoms with Crippen LogP contribution in [-0.2, 0) is 6.54 Å². The largest absolute Gasteiger partial charge is 0.312 e. The Balaban J connectivity index is 1.76. The highest BCUT2D eigenvalue weighted by Gasteiger charge is 2.30. The number of hydrogen-bond acceptors (Lipinski definition) is 2. The standard InChI is InChI=1S/C16H19BrN2/c1-16(7-3-8-16)11-18-10-12-5-6-14(17)13-4-2-9-19-15(12)13/h2,4-6,9,18H,3,7-8,10-11H2,1H3. The van der Waals surface area contributed by atoms with Crippen LogP contribution < -0.4 is 5.32 Å². The molecule has 19 heavy (non-hydrogen) atoms. The number of nitrogens with one attached hydrogen (secondary N) is 1. The molecule has 2 nitrogen and oxygen atoms in total. The quantitative estimate of drug-likeness (QED) is 0.910. The molecule has 3 heteroatoms. The highest BCUT2D eigenvalue weighted by molar-refractivity contribution is 9.10. The van der Waals surface area contributed by atoms with E-state index in [0.29, 0.717) is 5.41 Å². The predicted molar refractivity (Wildman–Crippen MR) is 83.1 cm³/mol. The SMILES string of the molecule is CC1(CNCc2ccc(Br)c3cccnc23)CCC1. The Kier molecular flexibility index (Phi) is 3.59. The summed E-state index contributed by atoms with van der Waals surface area (Å²) >= 11 is 3.59. The Bertz CT molecular complexity index is 590. The molecule has 3 rings (SSSR count). The highest BCUT2D eigenvalue weighted by Crippen LogP contribution is 2.39. The summed E-state index contributed by atoms with van der Waals surface area (Å²) in [6.45, 7) is 4.38. The van der Waals surface area contributed by atoms with Crippen LogP contribution in [0, 0.1) is 5.41 Å². The number of pyridine rings is 1. The molecule has 1 heterocycles. The molecule has 0 bridgehead atoms. The van der Waals surface area contributed by atoms with Gasteiger partial charge in [-0.2, -0.15) is 0 Å². The molecule has 1 N–H and O–H groups in total. The second-order valence-corrected chi connectivity index (χ2v) is 6.73. The fraction of sp³-hybridized carbons (Fsp3) is 0.438. The monoisotopic (exact) mass is 318 g/mol. The van der Waals surface area contributed by atoms with Crippen molar-refractivity contribution in [3.63, 3.8) is 0 Å². The average Bonchev–Trinajstić information content (AvgIpc) is 2.40. The van der Waals surface area contributed by atoms with Crippen molar-refractivity contribution in [1.82, 2.24) is 10.3 Å². The van der Waals surface area contributed by atoms with Crippen LogP contribution in [0.3, 0.4) is 0 Å². The van der Waals surface area contributed by atoms with E-state index in [0.717, 1.165) is 23.1 Å². The topological polar surface area (TPSA) is 24.9 Å². The molecular weight excluding hydrogens is 300 g/mol. The Morgan fingerprint density at radius 2 is 2.16 bits per heavy atom. The Labute approximate surface area is 122 Å². The first-order chi connectivity index (χ1) is 9.18. The fourth-order valence-corrected chi connectivity index (χ4v) is 3.25. The summed E-state index contributed by atoms with van der Waals surface area (Å²) < 4.78 is 1.12. The van der Waals surface area contributed by atoms with Crippen LogP contribution in [0.2, 0.25) is 0 Å². The Morgan fingerprint density at radius 1 is 1.32 bits per heavy atom. The van der Waals surface area contributed by atoms with Gasteiger partial charge in [0.15, 0.2) is 0 Å². The van der Waals surface area contributed by atoms with Gasteiger partial charge in [0.2, 0.25) is 0 Å². The van der Waals surface area contributed by atoms with Gasteiger partial charge in [-0.1, -0.05) is 41.4 Å². The molecule has 1 aromatic carbocycles. The van der Waals surface area contributed by atoms with Crippen molar-refractivity contribution in [3.05, 3.63) is 40.5 Å². The summed E-state index contributed by atoms with van der Waals surface area (Å²) in [5.41, 5.74) is 2.91. The van der Waals surface area contributed by atoms with E-state index in [1.807, 2.05) is 12.3 Å². The molecule has 0 amide bonds. The van der Waals surface area contributed by atoms with Gasteiger partial charge in [0.1, 0.15) is 0 Å². The summed E-state index contributed by atoms with van der Waals surface area (Å²) in [5.74, 6) is 0. The number of fused-ring (bicyclic) bond motifs is 1. The van der Waals surface area contributed by atoms with Crippen molar-refractivity contribution in [2.75, 3.05) is 6.54 Å². The molecule has 2 aromatic rings. The summed E-state index contributed by atoms with van der Waals surface area (Å²) in [6, 6.07) is 8.38. The van der Waals surface area contributed by atoms with Crippen LogP contribution in [0.25, 0.3) is 10.9 Å². The lowest BCUT2D eigenvalue weighted by Crippen LogP contribution is -2.37. The van der Waals surface area contributed by atoms with Crippen LogP contribution in [-0.4, -0.2) is 11.5 Å². The molecule has 1 saturated carbocycles. The molecule has 0 spiro atoms. The summed E-state index contributed by atoms with van der Waals surface area (Å²) in [7, 11) is 0. The van der Waals surface area contributed by atoms with Gasteiger partial charge < -0.3 is 5.32 Å². The molecular formula is C16H19BrN2. The van der Waals surface area contributed by atoms with E-state index in [-0.39, 0.29) is 0 Å². The molecule has 0 atom stereocenters. The molecule has 0 aliphatic heterocycles. The molecule has 1 aliphatic carbocycles. The van der Waals surface area contributed by atoms with Crippen LogP contribution in [0.4, 0.5) is 0 Å². The van der Waals surface area contributed by atoms with E-state index in [2.05, 4.69) is 51.4 Å². The van der Waals surface area contributed by atoms with Gasteiger partial charge in [-0.3, -0.25) is 4.98 Å². The van der Waals surface area contributed by atoms with Gasteiger partial charge in [-0.05, 0) is 36.0 Å². The minimum Gasteiger partial charge on any atom is -0.312 e. The maximum Gasteiger partial charge on any atom is 0.0758 e. The number of halogens is 1. The average molecular weight is 319 g/mol. The lowest BCUT2D eigenvalue weighted by Gasteiger charge is -2.38. The third-order valence-electron chi connectivity index (χ3n) is 4.23. The van der Waals surface area contributed by atoms with Gasteiger partial charge in [-0.25, -0.2) is 0 Å². The first kappa shape index (κ1) is 13.1. The smallest absolute Gasteiger partial charge is 0.0758 e. The number of benzene rings is 1. The van der Waals surface area contributed by atoms with Crippen LogP contribution in [0.15, 0.2) is 34.9 Å². The highest BCUT2D eigenvalue weighted by atomic mass is 79.9. The van der Waals surface area contributed by atoms with Crippen molar-refractivity contribution >= 4 is 26.8 Å². The minimum atomic E-state index is 0.526. The van der Waals surface area contributed by atoms with E-state index in [1.54, 1.807) is 0 Å². The fourth-order valence-electron chi connectivity index (χ4n) is 2.80. The normalized spacial score (nSPS) is 17.4. The molecule has 0 unspecified atom stereocenters. The number of aromatic nitrogens is 1. The maximum atomic E-state index is 4.52. The molecule has 100 valence electrons. The summed E-state index contributed by atoms with van der Waals surface area (Å²) in [4.78, 5) is 4.52. The van der Waals surface area contributed by atoms with Gasteiger partial charge in [0.25, 0.3) is 0 Å². The van der Waals surface area contributed by atoms with Crippen molar-refractivity contribution in [3.8, 4) is 0 Å². The zero-order valence-corrected chi connectivity index (χ0v) is 12.8. The first-order valence-corrected chi connectivity index (χ1v) is 7.70. The molecule has 1 aliphatic rings. The van der Waals surface area contributed by atoms with Gasteiger partial charge in [-0.15, -0.1) is 0 Å². The van der Waals surface area contributed by atoms with Crippen molar-refractivity contribution in [2.45, 2.75) is 32.7 Å². The van der Waals surface area contributed by atoms with E-state index < -0.39 is 0 Å². The van der Waals surface area contributed by atoms with E-state index in [9.17, 15) is 0 Å². The third-order valence-corrected chi connectivity index (χ3v) is 4.92. The second kappa shape index (κ2) is 5.22. The second-order valence-electron chi connectivity index (χ2n) is 5.87. The zero-order chi connectivity index (χ0) is 13.3. The Morgan fingerprint density at radius 3 is 2.89 bits per heavy atom. The molecule has 1 aromatic heterocycles.